The number of ether oxygens (including phenoxy) is 1. The lowest BCUT2D eigenvalue weighted by Gasteiger charge is -2.06. The highest BCUT2D eigenvalue weighted by molar-refractivity contribution is 7.12. The number of hydrogen-bond acceptors (Lipinski definition) is 4. The summed E-state index contributed by atoms with van der Waals surface area (Å²) in [5.74, 6) is -0.119. The average molecular weight is 275 g/mol. The van der Waals surface area contributed by atoms with Crippen LogP contribution in [0.15, 0.2) is 47.8 Å². The smallest absolute Gasteiger partial charge is 0.407 e. The number of hydrogen-bond donors (Lipinski definition) is 1. The number of Topliss-reactive ketones (excluding diaryl/α,β-unsaturated/α-hetero) is 1. The Morgan fingerprint density at radius 3 is 2.58 bits per heavy atom. The first-order chi connectivity index (χ1) is 9.25. The van der Waals surface area contributed by atoms with E-state index in [9.17, 15) is 9.59 Å². The van der Waals surface area contributed by atoms with Gasteiger partial charge in [-0.05, 0) is 17.0 Å². The normalized spacial score (nSPS) is 9.89. The van der Waals surface area contributed by atoms with Gasteiger partial charge in [0, 0.05) is 0 Å². The third-order valence-corrected chi connectivity index (χ3v) is 3.31. The van der Waals surface area contributed by atoms with Crippen LogP contribution in [0.3, 0.4) is 0 Å². The lowest BCUT2D eigenvalue weighted by Crippen LogP contribution is -2.29. The van der Waals surface area contributed by atoms with Gasteiger partial charge in [-0.2, -0.15) is 0 Å². The lowest BCUT2D eigenvalue weighted by atomic mass is 10.2. The third kappa shape index (κ3) is 4.22. The van der Waals surface area contributed by atoms with E-state index in [2.05, 4.69) is 5.32 Å². The number of nitrogens with one attached hydrogen (secondary N) is 1. The van der Waals surface area contributed by atoms with Gasteiger partial charge in [0.15, 0.2) is 5.78 Å². The van der Waals surface area contributed by atoms with Crippen LogP contribution in [0.2, 0.25) is 0 Å². The molecule has 98 valence electrons. The van der Waals surface area contributed by atoms with Crippen LogP contribution in [-0.4, -0.2) is 18.4 Å². The van der Waals surface area contributed by atoms with Crippen molar-refractivity contribution in [1.29, 1.82) is 0 Å². The van der Waals surface area contributed by atoms with Crippen LogP contribution < -0.4 is 5.32 Å². The number of carbonyl (C=O) groups excluding carboxylic acids is 2. The first-order valence-corrected chi connectivity index (χ1v) is 6.65. The quantitative estimate of drug-likeness (QED) is 0.854. The van der Waals surface area contributed by atoms with Crippen molar-refractivity contribution in [2.24, 2.45) is 0 Å². The summed E-state index contributed by atoms with van der Waals surface area (Å²) in [6, 6.07) is 12.9. The molecule has 0 unspecified atom stereocenters. The van der Waals surface area contributed by atoms with Gasteiger partial charge in [-0.1, -0.05) is 36.4 Å². The molecule has 1 aromatic carbocycles. The van der Waals surface area contributed by atoms with Crippen LogP contribution in [0.5, 0.6) is 0 Å². The SMILES string of the molecule is O=C(NCC(=O)c1cccs1)OCc1ccccc1. The van der Waals surface area contributed by atoms with Crippen LogP contribution in [-0.2, 0) is 11.3 Å². The van der Waals surface area contributed by atoms with Gasteiger partial charge in [0.2, 0.25) is 0 Å². The van der Waals surface area contributed by atoms with Gasteiger partial charge >= 0.3 is 6.09 Å². The molecule has 0 aliphatic rings. The van der Waals surface area contributed by atoms with E-state index in [0.717, 1.165) is 5.56 Å². The summed E-state index contributed by atoms with van der Waals surface area (Å²) in [7, 11) is 0. The molecule has 0 radical (unpaired) electrons. The molecule has 1 heterocycles. The fraction of sp³-hybridized carbons (Fsp3) is 0.143. The molecule has 2 rings (SSSR count). The monoisotopic (exact) mass is 275 g/mol. The molecule has 0 spiro atoms. The van der Waals surface area contributed by atoms with Crippen molar-refractivity contribution >= 4 is 23.2 Å². The maximum Gasteiger partial charge on any atom is 0.407 e. The molecule has 0 aliphatic carbocycles. The number of ketones is 1. The Balaban J connectivity index is 1.72. The molecule has 0 saturated carbocycles. The predicted molar refractivity (Wildman–Crippen MR) is 73.3 cm³/mol. The third-order valence-electron chi connectivity index (χ3n) is 2.40. The van der Waals surface area contributed by atoms with E-state index in [0.29, 0.717) is 4.88 Å². The molecule has 2 aromatic rings. The average Bonchev–Trinajstić information content (AvgIpc) is 2.98. The molecular formula is C14H13NO3S. The van der Waals surface area contributed by atoms with Crippen LogP contribution in [0, 0.1) is 0 Å². The number of benzene rings is 1. The highest BCUT2D eigenvalue weighted by Gasteiger charge is 2.09. The summed E-state index contributed by atoms with van der Waals surface area (Å²) < 4.78 is 5.00. The predicted octanol–water partition coefficient (Wildman–Crippen LogP) is 2.86. The Kier molecular flexibility index (Phi) is 4.69. The summed E-state index contributed by atoms with van der Waals surface area (Å²) in [6.07, 6.45) is -0.589. The van der Waals surface area contributed by atoms with Gasteiger partial charge in [0.25, 0.3) is 0 Å². The van der Waals surface area contributed by atoms with Gasteiger partial charge in [0.1, 0.15) is 6.61 Å². The molecule has 1 amide bonds. The molecule has 4 nitrogen and oxygen atoms in total. The summed E-state index contributed by atoms with van der Waals surface area (Å²) >= 11 is 1.35. The van der Waals surface area contributed by atoms with Gasteiger partial charge in [-0.15, -0.1) is 11.3 Å². The zero-order valence-corrected chi connectivity index (χ0v) is 11.0. The van der Waals surface area contributed by atoms with E-state index < -0.39 is 6.09 Å². The first-order valence-electron chi connectivity index (χ1n) is 5.77. The molecule has 5 heteroatoms. The van der Waals surface area contributed by atoms with Crippen LogP contribution in [0.25, 0.3) is 0 Å². The second-order valence-corrected chi connectivity index (χ2v) is 4.76. The van der Waals surface area contributed by atoms with E-state index in [1.807, 2.05) is 35.7 Å². The van der Waals surface area contributed by atoms with Crippen molar-refractivity contribution in [3.63, 3.8) is 0 Å². The Hall–Kier alpha value is -2.14. The van der Waals surface area contributed by atoms with Crippen LogP contribution in [0.4, 0.5) is 4.79 Å². The number of alkyl carbamates (subject to hydrolysis) is 1. The summed E-state index contributed by atoms with van der Waals surface area (Å²) in [5.41, 5.74) is 0.905. The van der Waals surface area contributed by atoms with Gasteiger partial charge in [0.05, 0.1) is 11.4 Å². The number of rotatable bonds is 5. The molecule has 1 aromatic heterocycles. The largest absolute Gasteiger partial charge is 0.445 e. The molecular weight excluding hydrogens is 262 g/mol. The minimum Gasteiger partial charge on any atom is -0.445 e. The molecule has 0 saturated heterocycles. The van der Waals surface area contributed by atoms with Crippen molar-refractivity contribution < 1.29 is 14.3 Å². The van der Waals surface area contributed by atoms with Crippen molar-refractivity contribution in [1.82, 2.24) is 5.32 Å². The fourth-order valence-corrected chi connectivity index (χ4v) is 2.12. The first kappa shape index (κ1) is 13.3. The van der Waals surface area contributed by atoms with Gasteiger partial charge in [-0.3, -0.25) is 4.79 Å². The fourth-order valence-electron chi connectivity index (χ4n) is 1.45. The van der Waals surface area contributed by atoms with Gasteiger partial charge in [-0.25, -0.2) is 4.79 Å². The highest BCUT2D eigenvalue weighted by atomic mass is 32.1. The zero-order valence-electron chi connectivity index (χ0n) is 10.2. The van der Waals surface area contributed by atoms with Crippen molar-refractivity contribution in [2.75, 3.05) is 6.54 Å². The maximum atomic E-state index is 11.6. The Bertz CT molecular complexity index is 537. The highest BCUT2D eigenvalue weighted by Crippen LogP contribution is 2.08. The minimum atomic E-state index is -0.589. The van der Waals surface area contributed by atoms with Crippen molar-refractivity contribution in [2.45, 2.75) is 6.61 Å². The van der Waals surface area contributed by atoms with E-state index in [1.165, 1.54) is 11.3 Å². The number of carbonyl (C=O) groups is 2. The minimum absolute atomic E-state index is 0.0475. The summed E-state index contributed by atoms with van der Waals surface area (Å²) in [6.45, 7) is 0.147. The number of thiophene rings is 1. The summed E-state index contributed by atoms with van der Waals surface area (Å²) in [4.78, 5) is 23.7. The van der Waals surface area contributed by atoms with Crippen LogP contribution >= 0.6 is 11.3 Å². The van der Waals surface area contributed by atoms with E-state index in [-0.39, 0.29) is 18.9 Å². The number of amides is 1. The molecule has 0 bridgehead atoms. The Labute approximate surface area is 115 Å². The Morgan fingerprint density at radius 1 is 1.11 bits per heavy atom. The topological polar surface area (TPSA) is 55.4 Å². The van der Waals surface area contributed by atoms with E-state index >= 15 is 0 Å². The molecule has 0 aliphatic heterocycles. The second kappa shape index (κ2) is 6.70. The lowest BCUT2D eigenvalue weighted by molar-refractivity contribution is 0.0978. The molecule has 19 heavy (non-hydrogen) atoms. The van der Waals surface area contributed by atoms with Crippen LogP contribution in [0.1, 0.15) is 15.2 Å². The van der Waals surface area contributed by atoms with E-state index in [4.69, 9.17) is 4.74 Å². The molecule has 1 N–H and O–H groups in total. The standard InChI is InChI=1S/C14H13NO3S/c16-12(13-7-4-8-19-13)9-15-14(17)18-10-11-5-2-1-3-6-11/h1-8H,9-10H2,(H,15,17). The van der Waals surface area contributed by atoms with Crippen molar-refractivity contribution in [3.8, 4) is 0 Å². The molecule has 0 atom stereocenters. The summed E-state index contributed by atoms with van der Waals surface area (Å²) in [5, 5.41) is 4.26. The zero-order chi connectivity index (χ0) is 13.5. The Morgan fingerprint density at radius 2 is 1.89 bits per heavy atom. The second-order valence-electron chi connectivity index (χ2n) is 3.82. The maximum absolute atomic E-state index is 11.6. The van der Waals surface area contributed by atoms with Gasteiger partial charge < -0.3 is 10.1 Å². The van der Waals surface area contributed by atoms with Crippen molar-refractivity contribution in [3.05, 3.63) is 58.3 Å². The molecule has 0 fully saturated rings. The van der Waals surface area contributed by atoms with E-state index in [1.54, 1.807) is 12.1 Å².